The number of fused-ring (bicyclic) bond motifs is 2. The van der Waals surface area contributed by atoms with Gasteiger partial charge in [0.2, 0.25) is 0 Å². The van der Waals surface area contributed by atoms with Gasteiger partial charge >= 0.3 is 0 Å². The van der Waals surface area contributed by atoms with Crippen molar-refractivity contribution in [2.75, 3.05) is 0 Å². The summed E-state index contributed by atoms with van der Waals surface area (Å²) in [5.74, 6) is 0.102. The molecule has 1 N–H and O–H groups in total. The van der Waals surface area contributed by atoms with E-state index in [9.17, 15) is 9.90 Å². The molecule has 108 valence electrons. The molecule has 1 aliphatic rings. The lowest BCUT2D eigenvalue weighted by Crippen LogP contribution is -2.11. The molecule has 0 atom stereocenters. The molecule has 0 saturated heterocycles. The maximum absolute atomic E-state index is 10.5. The van der Waals surface area contributed by atoms with Crippen LogP contribution in [0.5, 0.6) is 5.75 Å². The lowest BCUT2D eigenvalue weighted by atomic mass is 9.85. The van der Waals surface area contributed by atoms with E-state index in [1.165, 1.54) is 11.1 Å². The zero-order chi connectivity index (χ0) is 15.5. The SMILES string of the molecule is C1=Cc2cccc1c2.CC(C)(C)c1cccc(C=O)c1O. The van der Waals surface area contributed by atoms with E-state index in [2.05, 4.69) is 36.4 Å². The summed E-state index contributed by atoms with van der Waals surface area (Å²) in [5.41, 5.74) is 3.66. The van der Waals surface area contributed by atoms with E-state index in [0.29, 0.717) is 11.8 Å². The first-order chi connectivity index (χ1) is 9.91. The zero-order valence-electron chi connectivity index (χ0n) is 12.6. The van der Waals surface area contributed by atoms with Gasteiger partial charge in [0.05, 0.1) is 5.56 Å². The van der Waals surface area contributed by atoms with Gasteiger partial charge in [-0.2, -0.15) is 0 Å². The third kappa shape index (κ3) is 3.60. The van der Waals surface area contributed by atoms with Crippen molar-refractivity contribution in [1.29, 1.82) is 0 Å². The van der Waals surface area contributed by atoms with E-state index in [-0.39, 0.29) is 11.2 Å². The summed E-state index contributed by atoms with van der Waals surface area (Å²) in [5, 5.41) is 9.69. The van der Waals surface area contributed by atoms with Gasteiger partial charge in [0.25, 0.3) is 0 Å². The first kappa shape index (κ1) is 15.0. The Labute approximate surface area is 125 Å². The predicted molar refractivity (Wildman–Crippen MR) is 87.6 cm³/mol. The van der Waals surface area contributed by atoms with Crippen molar-refractivity contribution in [2.24, 2.45) is 0 Å². The van der Waals surface area contributed by atoms with Crippen LogP contribution in [0, 0.1) is 0 Å². The Bertz CT molecular complexity index is 655. The van der Waals surface area contributed by atoms with Crippen molar-refractivity contribution in [1.82, 2.24) is 0 Å². The molecule has 0 radical (unpaired) electrons. The van der Waals surface area contributed by atoms with Gasteiger partial charge in [0.15, 0.2) is 6.29 Å². The quantitative estimate of drug-likeness (QED) is 0.657. The average molecular weight is 280 g/mol. The number of hydrogen-bond acceptors (Lipinski definition) is 2. The van der Waals surface area contributed by atoms with Gasteiger partial charge in [-0.3, -0.25) is 4.79 Å². The number of phenolic OH excluding ortho intramolecular Hbond substituents is 1. The van der Waals surface area contributed by atoms with E-state index in [1.807, 2.05) is 26.8 Å². The van der Waals surface area contributed by atoms with Crippen LogP contribution in [-0.2, 0) is 5.41 Å². The minimum atomic E-state index is -0.136. The Morgan fingerprint density at radius 2 is 1.52 bits per heavy atom. The largest absolute Gasteiger partial charge is 0.507 e. The second-order valence-corrected chi connectivity index (χ2v) is 6.11. The van der Waals surface area contributed by atoms with Crippen molar-refractivity contribution >= 4 is 18.4 Å². The summed E-state index contributed by atoms with van der Waals surface area (Å²) in [6.07, 6.45) is 4.91. The molecule has 21 heavy (non-hydrogen) atoms. The number of carbonyl (C=O) groups excluding carboxylic acids is 1. The van der Waals surface area contributed by atoms with Gasteiger partial charge in [0, 0.05) is 0 Å². The van der Waals surface area contributed by atoms with Crippen LogP contribution in [0.1, 0.15) is 47.8 Å². The van der Waals surface area contributed by atoms with Crippen LogP contribution in [0.4, 0.5) is 0 Å². The summed E-state index contributed by atoms with van der Waals surface area (Å²) in [6.45, 7) is 5.99. The number of phenols is 1. The van der Waals surface area contributed by atoms with Crippen LogP contribution in [-0.4, -0.2) is 11.4 Å². The molecule has 0 aliphatic heterocycles. The fourth-order valence-electron chi connectivity index (χ4n) is 2.22. The lowest BCUT2D eigenvalue weighted by molar-refractivity contribution is 0.112. The summed E-state index contributed by atoms with van der Waals surface area (Å²) >= 11 is 0. The number of benzene rings is 2. The number of rotatable bonds is 1. The number of aromatic hydroxyl groups is 1. The molecule has 0 fully saturated rings. The molecule has 2 aromatic rings. The Kier molecular flexibility index (Phi) is 4.27. The topological polar surface area (TPSA) is 37.3 Å². The number of hydrogen-bond donors (Lipinski definition) is 1. The third-order valence-corrected chi connectivity index (χ3v) is 3.38. The van der Waals surface area contributed by atoms with Crippen molar-refractivity contribution in [3.8, 4) is 5.75 Å². The van der Waals surface area contributed by atoms with E-state index in [0.717, 1.165) is 5.56 Å². The van der Waals surface area contributed by atoms with Gasteiger partial charge in [-0.25, -0.2) is 0 Å². The number of carbonyl (C=O) groups is 1. The molecule has 2 bridgehead atoms. The van der Waals surface area contributed by atoms with E-state index in [4.69, 9.17) is 0 Å². The Morgan fingerprint density at radius 1 is 0.952 bits per heavy atom. The third-order valence-electron chi connectivity index (χ3n) is 3.38. The van der Waals surface area contributed by atoms with Gasteiger partial charge in [-0.05, 0) is 34.2 Å². The summed E-state index contributed by atoms with van der Waals surface area (Å²) in [6, 6.07) is 13.7. The molecule has 2 nitrogen and oxygen atoms in total. The molecule has 0 spiro atoms. The van der Waals surface area contributed by atoms with Gasteiger partial charge in [-0.15, -0.1) is 0 Å². The van der Waals surface area contributed by atoms with E-state index < -0.39 is 0 Å². The zero-order valence-corrected chi connectivity index (χ0v) is 12.6. The van der Waals surface area contributed by atoms with Gasteiger partial charge < -0.3 is 5.11 Å². The Morgan fingerprint density at radius 3 is 2.00 bits per heavy atom. The highest BCUT2D eigenvalue weighted by atomic mass is 16.3. The molecular formula is C19H20O2. The summed E-state index contributed by atoms with van der Waals surface area (Å²) < 4.78 is 0. The highest BCUT2D eigenvalue weighted by Gasteiger charge is 2.19. The molecular weight excluding hydrogens is 260 g/mol. The lowest BCUT2D eigenvalue weighted by Gasteiger charge is -2.20. The highest BCUT2D eigenvalue weighted by Crippen LogP contribution is 2.32. The number of para-hydroxylation sites is 1. The van der Waals surface area contributed by atoms with Gasteiger partial charge in [-0.1, -0.05) is 63.3 Å². The number of aldehydes is 1. The molecule has 0 heterocycles. The molecule has 0 unspecified atom stereocenters. The summed E-state index contributed by atoms with van der Waals surface area (Å²) in [7, 11) is 0. The normalized spacial score (nSPS) is 11.8. The van der Waals surface area contributed by atoms with Crippen LogP contribution in [0.25, 0.3) is 12.2 Å². The smallest absolute Gasteiger partial charge is 0.153 e. The fourth-order valence-corrected chi connectivity index (χ4v) is 2.22. The first-order valence-electron chi connectivity index (χ1n) is 6.97. The Hall–Kier alpha value is -2.35. The molecule has 1 aliphatic carbocycles. The van der Waals surface area contributed by atoms with Gasteiger partial charge in [0.1, 0.15) is 5.75 Å². The molecule has 0 amide bonds. The van der Waals surface area contributed by atoms with Crippen LogP contribution >= 0.6 is 0 Å². The molecule has 3 rings (SSSR count). The molecule has 0 saturated carbocycles. The molecule has 0 aromatic heterocycles. The fraction of sp³-hybridized carbons (Fsp3) is 0.211. The second-order valence-electron chi connectivity index (χ2n) is 6.11. The van der Waals surface area contributed by atoms with Crippen molar-refractivity contribution < 1.29 is 9.90 Å². The van der Waals surface area contributed by atoms with Crippen molar-refractivity contribution in [3.05, 3.63) is 64.7 Å². The second kappa shape index (κ2) is 5.96. The van der Waals surface area contributed by atoms with Crippen LogP contribution in [0.3, 0.4) is 0 Å². The minimum absolute atomic E-state index is 0.102. The molecule has 2 aromatic carbocycles. The maximum Gasteiger partial charge on any atom is 0.153 e. The minimum Gasteiger partial charge on any atom is -0.507 e. The highest BCUT2D eigenvalue weighted by molar-refractivity contribution is 5.80. The van der Waals surface area contributed by atoms with Crippen LogP contribution in [0.15, 0.2) is 42.5 Å². The maximum atomic E-state index is 10.5. The predicted octanol–water partition coefficient (Wildman–Crippen LogP) is 4.67. The van der Waals surface area contributed by atoms with Crippen molar-refractivity contribution in [2.45, 2.75) is 26.2 Å². The average Bonchev–Trinajstić information content (AvgIpc) is 2.77. The van der Waals surface area contributed by atoms with Crippen molar-refractivity contribution in [3.63, 3.8) is 0 Å². The van der Waals surface area contributed by atoms with E-state index >= 15 is 0 Å². The van der Waals surface area contributed by atoms with Crippen LogP contribution < -0.4 is 0 Å². The van der Waals surface area contributed by atoms with Crippen LogP contribution in [0.2, 0.25) is 0 Å². The van der Waals surface area contributed by atoms with E-state index in [1.54, 1.807) is 12.1 Å². The monoisotopic (exact) mass is 280 g/mol. The summed E-state index contributed by atoms with van der Waals surface area (Å²) in [4.78, 5) is 10.5. The molecule has 2 heteroatoms. The first-order valence-corrected chi connectivity index (χ1v) is 6.97. The Balaban J connectivity index is 0.000000170. The standard InChI is InChI=1S/C11H14O2.C8H6/c1-11(2,3)9-6-4-5-8(7-12)10(9)13;1-2-7-4-5-8(3-1)6-7/h4-7,13H,1-3H3;1-6H.